The van der Waals surface area contributed by atoms with Crippen molar-refractivity contribution in [3.05, 3.63) is 41.7 Å². The molecule has 2 amide bonds. The molecule has 1 aliphatic heterocycles. The molecule has 2 heterocycles. The Balaban J connectivity index is 1.78. The summed E-state index contributed by atoms with van der Waals surface area (Å²) in [7, 11) is 1.74. The molecule has 0 saturated heterocycles. The van der Waals surface area contributed by atoms with Gasteiger partial charge in [0.2, 0.25) is 5.91 Å². The Kier molecular flexibility index (Phi) is 3.66. The van der Waals surface area contributed by atoms with Crippen LogP contribution in [0.1, 0.15) is 15.9 Å². The molecule has 1 aliphatic rings. The van der Waals surface area contributed by atoms with Gasteiger partial charge in [0.25, 0.3) is 5.91 Å². The van der Waals surface area contributed by atoms with Gasteiger partial charge in [0.05, 0.1) is 17.6 Å². The number of hydrogen-bond donors (Lipinski definition) is 2. The molecule has 0 unspecified atom stereocenters. The van der Waals surface area contributed by atoms with Crippen LogP contribution in [0.5, 0.6) is 0 Å². The first-order chi connectivity index (χ1) is 10.1. The fourth-order valence-corrected chi connectivity index (χ4v) is 2.93. The molecular formula is C14H14N4O2S. The number of anilines is 1. The molecule has 21 heavy (non-hydrogen) atoms. The maximum atomic E-state index is 12.4. The first-order valence-corrected chi connectivity index (χ1v) is 7.42. The number of thioether (sulfide) groups is 1. The van der Waals surface area contributed by atoms with Gasteiger partial charge < -0.3 is 10.2 Å². The van der Waals surface area contributed by atoms with Gasteiger partial charge in [0.15, 0.2) is 0 Å². The van der Waals surface area contributed by atoms with Crippen LogP contribution >= 0.6 is 11.8 Å². The fraction of sp³-hybridized carbons (Fsp3) is 0.214. The summed E-state index contributed by atoms with van der Waals surface area (Å²) >= 11 is 1.48. The van der Waals surface area contributed by atoms with E-state index in [0.29, 0.717) is 23.5 Å². The third kappa shape index (κ3) is 2.92. The molecule has 7 heteroatoms. The zero-order valence-electron chi connectivity index (χ0n) is 11.4. The summed E-state index contributed by atoms with van der Waals surface area (Å²) < 4.78 is 0. The molecule has 1 aromatic carbocycles. The lowest BCUT2D eigenvalue weighted by Crippen LogP contribution is -2.26. The summed E-state index contributed by atoms with van der Waals surface area (Å²) in [5.74, 6) is 0.286. The smallest absolute Gasteiger partial charge is 0.253 e. The minimum absolute atomic E-state index is 0.0381. The number of hydrogen-bond acceptors (Lipinski definition) is 4. The molecule has 0 atom stereocenters. The van der Waals surface area contributed by atoms with Crippen molar-refractivity contribution in [2.75, 3.05) is 18.1 Å². The molecule has 1 aromatic heterocycles. The Morgan fingerprint density at radius 3 is 3.10 bits per heavy atom. The second-order valence-electron chi connectivity index (χ2n) is 4.82. The van der Waals surface area contributed by atoms with Crippen molar-refractivity contribution in [1.82, 2.24) is 15.1 Å². The van der Waals surface area contributed by atoms with E-state index in [1.54, 1.807) is 36.5 Å². The fourth-order valence-electron chi connectivity index (χ4n) is 2.15. The quantitative estimate of drug-likeness (QED) is 0.905. The van der Waals surface area contributed by atoms with Crippen LogP contribution in [0.4, 0.5) is 5.69 Å². The number of nitrogens with one attached hydrogen (secondary N) is 2. The van der Waals surface area contributed by atoms with Crippen molar-refractivity contribution in [2.24, 2.45) is 0 Å². The van der Waals surface area contributed by atoms with Crippen LogP contribution in [0, 0.1) is 0 Å². The summed E-state index contributed by atoms with van der Waals surface area (Å²) in [5.41, 5.74) is 2.20. The van der Waals surface area contributed by atoms with Gasteiger partial charge in [-0.2, -0.15) is 5.10 Å². The minimum Gasteiger partial charge on any atom is -0.337 e. The Morgan fingerprint density at radius 2 is 2.33 bits per heavy atom. The van der Waals surface area contributed by atoms with Crippen molar-refractivity contribution in [2.45, 2.75) is 11.4 Å². The molecule has 2 N–H and O–H groups in total. The maximum Gasteiger partial charge on any atom is 0.253 e. The monoisotopic (exact) mass is 302 g/mol. The van der Waals surface area contributed by atoms with Crippen LogP contribution in [0.15, 0.2) is 35.5 Å². The molecular weight excluding hydrogens is 288 g/mol. The highest BCUT2D eigenvalue weighted by Crippen LogP contribution is 2.32. The highest BCUT2D eigenvalue weighted by molar-refractivity contribution is 8.00. The van der Waals surface area contributed by atoms with Crippen LogP contribution in [-0.2, 0) is 11.3 Å². The predicted octanol–water partition coefficient (Wildman–Crippen LogP) is 1.73. The third-order valence-corrected chi connectivity index (χ3v) is 4.25. The number of carbonyl (C=O) groups excluding carboxylic acids is 2. The third-order valence-electron chi connectivity index (χ3n) is 3.18. The number of rotatable bonds is 3. The van der Waals surface area contributed by atoms with Gasteiger partial charge in [-0.25, -0.2) is 0 Å². The van der Waals surface area contributed by atoms with Gasteiger partial charge in [-0.1, -0.05) is 0 Å². The maximum absolute atomic E-state index is 12.4. The molecule has 0 aliphatic carbocycles. The van der Waals surface area contributed by atoms with Gasteiger partial charge in [0, 0.05) is 35.8 Å². The molecule has 0 spiro atoms. The average Bonchev–Trinajstić information content (AvgIpc) is 2.98. The highest BCUT2D eigenvalue weighted by Gasteiger charge is 2.19. The lowest BCUT2D eigenvalue weighted by Gasteiger charge is -2.19. The van der Waals surface area contributed by atoms with E-state index >= 15 is 0 Å². The first kappa shape index (κ1) is 13.7. The number of amides is 2. The van der Waals surface area contributed by atoms with Crippen molar-refractivity contribution in [3.8, 4) is 0 Å². The average molecular weight is 302 g/mol. The van der Waals surface area contributed by atoms with E-state index in [9.17, 15) is 9.59 Å². The van der Waals surface area contributed by atoms with Gasteiger partial charge in [0.1, 0.15) is 0 Å². The molecule has 0 radical (unpaired) electrons. The number of aromatic nitrogens is 2. The molecule has 2 aromatic rings. The summed E-state index contributed by atoms with van der Waals surface area (Å²) in [4.78, 5) is 26.4. The molecule has 108 valence electrons. The van der Waals surface area contributed by atoms with Crippen LogP contribution < -0.4 is 5.32 Å². The van der Waals surface area contributed by atoms with E-state index in [-0.39, 0.29) is 11.8 Å². The van der Waals surface area contributed by atoms with Crippen molar-refractivity contribution < 1.29 is 9.59 Å². The van der Waals surface area contributed by atoms with Crippen molar-refractivity contribution in [3.63, 3.8) is 0 Å². The summed E-state index contributed by atoms with van der Waals surface area (Å²) in [5, 5.41) is 9.38. The second kappa shape index (κ2) is 5.61. The number of aromatic amines is 1. The number of H-pyrrole nitrogens is 1. The Morgan fingerprint density at radius 1 is 1.48 bits per heavy atom. The Bertz CT molecular complexity index is 684. The molecule has 0 bridgehead atoms. The van der Waals surface area contributed by atoms with E-state index in [2.05, 4.69) is 15.5 Å². The first-order valence-electron chi connectivity index (χ1n) is 6.43. The van der Waals surface area contributed by atoms with Crippen LogP contribution in [0.2, 0.25) is 0 Å². The van der Waals surface area contributed by atoms with Gasteiger partial charge in [-0.15, -0.1) is 11.8 Å². The summed E-state index contributed by atoms with van der Waals surface area (Å²) in [6.45, 7) is 0.480. The number of benzene rings is 1. The molecule has 0 saturated carbocycles. The van der Waals surface area contributed by atoms with E-state index in [1.807, 2.05) is 6.07 Å². The van der Waals surface area contributed by atoms with Gasteiger partial charge in [-0.05, 0) is 18.2 Å². The molecule has 0 fully saturated rings. The summed E-state index contributed by atoms with van der Waals surface area (Å²) in [6, 6.07) is 5.39. The van der Waals surface area contributed by atoms with Crippen LogP contribution in [0.25, 0.3) is 0 Å². The van der Waals surface area contributed by atoms with Crippen molar-refractivity contribution >= 4 is 29.3 Å². The number of carbonyl (C=O) groups is 2. The minimum atomic E-state index is -0.0937. The van der Waals surface area contributed by atoms with Gasteiger partial charge >= 0.3 is 0 Å². The van der Waals surface area contributed by atoms with Crippen molar-refractivity contribution in [1.29, 1.82) is 0 Å². The highest BCUT2D eigenvalue weighted by atomic mass is 32.2. The van der Waals surface area contributed by atoms with Crippen LogP contribution in [0.3, 0.4) is 0 Å². The van der Waals surface area contributed by atoms with E-state index in [1.165, 1.54) is 11.8 Å². The van der Waals surface area contributed by atoms with E-state index in [0.717, 1.165) is 10.5 Å². The molecule has 3 rings (SSSR count). The topological polar surface area (TPSA) is 78.1 Å². The Hall–Kier alpha value is -2.28. The zero-order valence-corrected chi connectivity index (χ0v) is 12.2. The second-order valence-corrected chi connectivity index (χ2v) is 5.83. The Labute approximate surface area is 125 Å². The zero-order chi connectivity index (χ0) is 14.8. The van der Waals surface area contributed by atoms with E-state index < -0.39 is 0 Å². The lowest BCUT2D eigenvalue weighted by atomic mass is 10.1. The standard InChI is InChI=1S/C14H14N4O2S/c1-18(7-9-5-15-16-6-9)14(20)10-2-3-12-11(4-10)17-13(19)8-21-12/h2-6H,7-8H2,1H3,(H,15,16)(H,17,19). The van der Waals surface area contributed by atoms with E-state index in [4.69, 9.17) is 0 Å². The summed E-state index contributed by atoms with van der Waals surface area (Å²) in [6.07, 6.45) is 3.45. The largest absolute Gasteiger partial charge is 0.337 e. The number of nitrogens with zero attached hydrogens (tertiary/aromatic N) is 2. The van der Waals surface area contributed by atoms with Crippen LogP contribution in [-0.4, -0.2) is 39.7 Å². The molecule has 6 nitrogen and oxygen atoms in total. The SMILES string of the molecule is CN(Cc1cn[nH]c1)C(=O)c1ccc2c(c1)NC(=O)CS2. The normalized spacial score (nSPS) is 13.5. The number of fused-ring (bicyclic) bond motifs is 1. The van der Waals surface area contributed by atoms with Gasteiger partial charge in [-0.3, -0.25) is 14.7 Å². The predicted molar refractivity (Wildman–Crippen MR) is 80.2 cm³/mol. The lowest BCUT2D eigenvalue weighted by molar-refractivity contribution is -0.113.